The summed E-state index contributed by atoms with van der Waals surface area (Å²) < 4.78 is 0. The van der Waals surface area contributed by atoms with E-state index in [0.29, 0.717) is 0 Å². The zero-order valence-corrected chi connectivity index (χ0v) is 6.70. The van der Waals surface area contributed by atoms with Gasteiger partial charge >= 0.3 is 6.03 Å². The first-order chi connectivity index (χ1) is 4.95. The summed E-state index contributed by atoms with van der Waals surface area (Å²) in [5.74, 6) is -0.202. The Balaban J connectivity index is 3.85. The predicted molar refractivity (Wildman–Crippen MR) is 40.9 cm³/mol. The Kier molecular flexibility index (Phi) is 3.53. The maximum Gasteiger partial charge on any atom is 0.314 e. The molecule has 0 bridgehead atoms. The standard InChI is InChI=1S/C6H13N3O2/c1-4(7)5(10)3-9(2)6(8)11/h4H,3,7H2,1-2H3,(H2,8,11)/t4-/m0/s1. The van der Waals surface area contributed by atoms with Gasteiger partial charge in [-0.15, -0.1) is 0 Å². The molecule has 0 aliphatic carbocycles. The lowest BCUT2D eigenvalue weighted by Gasteiger charge is -2.13. The van der Waals surface area contributed by atoms with Crippen LogP contribution in [0.3, 0.4) is 0 Å². The van der Waals surface area contributed by atoms with Gasteiger partial charge < -0.3 is 16.4 Å². The number of primary amides is 1. The van der Waals surface area contributed by atoms with Crippen LogP contribution < -0.4 is 11.5 Å². The van der Waals surface area contributed by atoms with Crippen molar-refractivity contribution in [1.29, 1.82) is 0 Å². The molecule has 2 amide bonds. The monoisotopic (exact) mass is 159 g/mol. The average Bonchev–Trinajstić information content (AvgIpc) is 1.87. The van der Waals surface area contributed by atoms with Crippen LogP contribution in [0.5, 0.6) is 0 Å². The molecule has 0 aliphatic heterocycles. The van der Waals surface area contributed by atoms with Gasteiger partial charge in [0.1, 0.15) is 0 Å². The van der Waals surface area contributed by atoms with Crippen LogP contribution in [0, 0.1) is 0 Å². The lowest BCUT2D eigenvalue weighted by Crippen LogP contribution is -2.41. The van der Waals surface area contributed by atoms with E-state index < -0.39 is 12.1 Å². The molecule has 0 saturated heterocycles. The van der Waals surface area contributed by atoms with Crippen molar-refractivity contribution < 1.29 is 9.59 Å². The second-order valence-electron chi connectivity index (χ2n) is 2.45. The van der Waals surface area contributed by atoms with Crippen LogP contribution >= 0.6 is 0 Å². The summed E-state index contributed by atoms with van der Waals surface area (Å²) in [6, 6.07) is -1.17. The number of nitrogens with zero attached hydrogens (tertiary/aromatic N) is 1. The molecule has 4 N–H and O–H groups in total. The Morgan fingerprint density at radius 3 is 2.27 bits per heavy atom. The number of urea groups is 1. The molecule has 11 heavy (non-hydrogen) atoms. The fraction of sp³-hybridized carbons (Fsp3) is 0.667. The molecular weight excluding hydrogens is 146 g/mol. The summed E-state index contributed by atoms with van der Waals surface area (Å²) in [5.41, 5.74) is 10.1. The van der Waals surface area contributed by atoms with E-state index in [2.05, 4.69) is 0 Å². The van der Waals surface area contributed by atoms with Crippen molar-refractivity contribution in [3.05, 3.63) is 0 Å². The second kappa shape index (κ2) is 3.92. The summed E-state index contributed by atoms with van der Waals surface area (Å²) in [4.78, 5) is 22.4. The molecule has 5 heteroatoms. The quantitative estimate of drug-likeness (QED) is 0.548. The van der Waals surface area contributed by atoms with E-state index in [1.54, 1.807) is 6.92 Å². The molecule has 0 aliphatic rings. The highest BCUT2D eigenvalue weighted by Gasteiger charge is 2.12. The van der Waals surface area contributed by atoms with Crippen LogP contribution in [0.2, 0.25) is 0 Å². The molecule has 0 aromatic carbocycles. The third-order valence-electron chi connectivity index (χ3n) is 1.28. The fourth-order valence-electron chi connectivity index (χ4n) is 0.456. The van der Waals surface area contributed by atoms with E-state index in [1.807, 2.05) is 0 Å². The van der Waals surface area contributed by atoms with E-state index >= 15 is 0 Å². The molecule has 64 valence electrons. The average molecular weight is 159 g/mol. The van der Waals surface area contributed by atoms with Crippen molar-refractivity contribution >= 4 is 11.8 Å². The van der Waals surface area contributed by atoms with E-state index in [1.165, 1.54) is 7.05 Å². The highest BCUT2D eigenvalue weighted by Crippen LogP contribution is 1.85. The van der Waals surface area contributed by atoms with Crippen LogP contribution in [-0.4, -0.2) is 36.3 Å². The van der Waals surface area contributed by atoms with E-state index in [4.69, 9.17) is 11.5 Å². The maximum atomic E-state index is 10.9. The number of Topliss-reactive ketones (excluding diaryl/α,β-unsaturated/α-hetero) is 1. The molecule has 1 atom stereocenters. The Morgan fingerprint density at radius 1 is 1.55 bits per heavy atom. The number of hydrogen-bond donors (Lipinski definition) is 2. The molecule has 0 heterocycles. The normalized spacial score (nSPS) is 12.3. The summed E-state index contributed by atoms with van der Waals surface area (Å²) in [6.07, 6.45) is 0. The van der Waals surface area contributed by atoms with Gasteiger partial charge in [-0.05, 0) is 6.92 Å². The molecule has 5 nitrogen and oxygen atoms in total. The number of ketones is 1. The number of nitrogens with two attached hydrogens (primary N) is 2. The minimum absolute atomic E-state index is 0.0208. The van der Waals surface area contributed by atoms with Crippen molar-refractivity contribution in [2.45, 2.75) is 13.0 Å². The minimum atomic E-state index is -0.626. The largest absolute Gasteiger partial charge is 0.351 e. The SMILES string of the molecule is C[C@H](N)C(=O)CN(C)C(N)=O. The number of likely N-dealkylation sites (N-methyl/N-ethyl adjacent to an activating group) is 1. The zero-order chi connectivity index (χ0) is 9.02. The van der Waals surface area contributed by atoms with E-state index in [9.17, 15) is 9.59 Å². The van der Waals surface area contributed by atoms with Crippen LogP contribution in [-0.2, 0) is 4.79 Å². The molecule has 0 unspecified atom stereocenters. The third kappa shape index (κ3) is 3.57. The summed E-state index contributed by atoms with van der Waals surface area (Å²) in [7, 11) is 1.45. The Bertz CT molecular complexity index is 167. The lowest BCUT2D eigenvalue weighted by molar-refractivity contribution is -0.120. The minimum Gasteiger partial charge on any atom is -0.351 e. The summed E-state index contributed by atoms with van der Waals surface area (Å²) in [5, 5.41) is 0. The Hall–Kier alpha value is -1.10. The summed E-state index contributed by atoms with van der Waals surface area (Å²) in [6.45, 7) is 1.55. The highest BCUT2D eigenvalue weighted by atomic mass is 16.2. The van der Waals surface area contributed by atoms with E-state index in [0.717, 1.165) is 4.90 Å². The number of amides is 2. The smallest absolute Gasteiger partial charge is 0.314 e. The fourth-order valence-corrected chi connectivity index (χ4v) is 0.456. The van der Waals surface area contributed by atoms with Gasteiger partial charge in [0.2, 0.25) is 0 Å². The van der Waals surface area contributed by atoms with Crippen molar-refractivity contribution in [2.75, 3.05) is 13.6 Å². The van der Waals surface area contributed by atoms with Gasteiger partial charge in [0, 0.05) is 7.05 Å². The second-order valence-corrected chi connectivity index (χ2v) is 2.45. The first kappa shape index (κ1) is 9.90. The highest BCUT2D eigenvalue weighted by molar-refractivity contribution is 5.88. The number of hydrogen-bond acceptors (Lipinski definition) is 3. The van der Waals surface area contributed by atoms with Gasteiger partial charge in [0.15, 0.2) is 5.78 Å². The zero-order valence-electron chi connectivity index (χ0n) is 6.70. The maximum absolute atomic E-state index is 10.9. The van der Waals surface area contributed by atoms with Gasteiger partial charge in [0.05, 0.1) is 12.6 Å². The first-order valence-electron chi connectivity index (χ1n) is 3.24. The third-order valence-corrected chi connectivity index (χ3v) is 1.28. The van der Waals surface area contributed by atoms with Crippen LogP contribution in [0.1, 0.15) is 6.92 Å². The molecular formula is C6H13N3O2. The molecule has 0 rings (SSSR count). The summed E-state index contributed by atoms with van der Waals surface area (Å²) >= 11 is 0. The van der Waals surface area contributed by atoms with Crippen LogP contribution in [0.4, 0.5) is 4.79 Å². The van der Waals surface area contributed by atoms with Crippen molar-refractivity contribution in [3.63, 3.8) is 0 Å². The van der Waals surface area contributed by atoms with Gasteiger partial charge in [-0.1, -0.05) is 0 Å². The molecule has 0 aromatic heterocycles. The predicted octanol–water partition coefficient (Wildman–Crippen LogP) is -1.09. The van der Waals surface area contributed by atoms with Crippen molar-refractivity contribution in [1.82, 2.24) is 4.90 Å². The lowest BCUT2D eigenvalue weighted by atomic mass is 10.2. The molecule has 0 radical (unpaired) electrons. The molecule has 0 spiro atoms. The van der Waals surface area contributed by atoms with Crippen LogP contribution in [0.15, 0.2) is 0 Å². The Morgan fingerprint density at radius 2 is 2.00 bits per heavy atom. The first-order valence-corrected chi connectivity index (χ1v) is 3.24. The number of rotatable bonds is 3. The topological polar surface area (TPSA) is 89.4 Å². The molecule has 0 aromatic rings. The van der Waals surface area contributed by atoms with E-state index in [-0.39, 0.29) is 12.3 Å². The Labute approximate surface area is 65.3 Å². The van der Waals surface area contributed by atoms with Crippen molar-refractivity contribution in [3.8, 4) is 0 Å². The van der Waals surface area contributed by atoms with Gasteiger partial charge in [-0.2, -0.15) is 0 Å². The van der Waals surface area contributed by atoms with Crippen LogP contribution in [0.25, 0.3) is 0 Å². The van der Waals surface area contributed by atoms with Gasteiger partial charge in [0.25, 0.3) is 0 Å². The van der Waals surface area contributed by atoms with Gasteiger partial charge in [-0.3, -0.25) is 4.79 Å². The van der Waals surface area contributed by atoms with Gasteiger partial charge in [-0.25, -0.2) is 4.79 Å². The van der Waals surface area contributed by atoms with Crippen molar-refractivity contribution in [2.24, 2.45) is 11.5 Å². The number of carbonyl (C=O) groups is 2. The number of carbonyl (C=O) groups excluding carboxylic acids is 2. The molecule has 0 saturated carbocycles. The molecule has 0 fully saturated rings.